The average molecular weight is 494 g/mol. The van der Waals surface area contributed by atoms with Crippen molar-refractivity contribution in [2.24, 2.45) is 0 Å². The first kappa shape index (κ1) is 24.7. The topological polar surface area (TPSA) is 68.7 Å². The minimum atomic E-state index is -0.952. The summed E-state index contributed by atoms with van der Waals surface area (Å²) in [7, 11) is 0. The maximum atomic E-state index is 11.6. The Balaban J connectivity index is 1.45. The Hall–Kier alpha value is -3.96. The van der Waals surface area contributed by atoms with Gasteiger partial charge in [0.2, 0.25) is 0 Å². The number of ether oxygens (including phenoxy) is 2. The zero-order valence-corrected chi connectivity index (χ0v) is 21.2. The molecule has 0 spiro atoms. The van der Waals surface area contributed by atoms with Gasteiger partial charge in [0.25, 0.3) is 5.79 Å². The van der Waals surface area contributed by atoms with Crippen LogP contribution >= 0.6 is 0 Å². The van der Waals surface area contributed by atoms with Crippen LogP contribution in [0, 0.1) is 0 Å². The number of nitrogens with zero attached hydrogens (tertiary/aromatic N) is 1. The molecule has 1 N–H and O–H groups in total. The summed E-state index contributed by atoms with van der Waals surface area (Å²) < 4.78 is 13.2. The first-order valence-corrected chi connectivity index (χ1v) is 12.8. The Morgan fingerprint density at radius 1 is 0.973 bits per heavy atom. The van der Waals surface area contributed by atoms with Crippen molar-refractivity contribution in [2.45, 2.75) is 44.8 Å². The quantitative estimate of drug-likeness (QED) is 0.232. The van der Waals surface area contributed by atoms with Crippen molar-refractivity contribution in [1.29, 1.82) is 0 Å². The van der Waals surface area contributed by atoms with Crippen LogP contribution in [-0.2, 0) is 9.53 Å². The van der Waals surface area contributed by atoms with E-state index in [-0.39, 0.29) is 12.3 Å². The minimum Gasteiger partial charge on any atom is -0.481 e. The van der Waals surface area contributed by atoms with E-state index in [4.69, 9.17) is 9.47 Å². The van der Waals surface area contributed by atoms with Crippen LogP contribution < -0.4 is 4.74 Å². The number of aliphatic carboxylic acids is 1. The van der Waals surface area contributed by atoms with Crippen molar-refractivity contribution < 1.29 is 19.4 Å². The van der Waals surface area contributed by atoms with Crippen LogP contribution in [-0.4, -0.2) is 28.5 Å². The number of aromatic nitrogens is 1. The lowest BCUT2D eigenvalue weighted by molar-refractivity contribution is -0.137. The predicted molar refractivity (Wildman–Crippen MR) is 144 cm³/mol. The fraction of sp³-hybridized carbons (Fsp3) is 0.250. The molecule has 0 amide bonds. The van der Waals surface area contributed by atoms with Gasteiger partial charge >= 0.3 is 5.97 Å². The molecule has 5 heteroatoms. The molecule has 2 aromatic carbocycles. The summed E-state index contributed by atoms with van der Waals surface area (Å²) in [5, 5.41) is 9.52. The fourth-order valence-corrected chi connectivity index (χ4v) is 5.20. The number of benzene rings is 2. The predicted octanol–water partition coefficient (Wildman–Crippen LogP) is 6.93. The molecule has 2 atom stereocenters. The molecule has 3 aromatic rings. The molecule has 5 rings (SSSR count). The van der Waals surface area contributed by atoms with Gasteiger partial charge in [-0.2, -0.15) is 0 Å². The summed E-state index contributed by atoms with van der Waals surface area (Å²) in [5.74, 6) is -1.39. The van der Waals surface area contributed by atoms with Crippen LogP contribution in [0.4, 0.5) is 0 Å². The van der Waals surface area contributed by atoms with Gasteiger partial charge in [-0.05, 0) is 65.4 Å². The Bertz CT molecular complexity index is 1360. The molecular weight excluding hydrogens is 462 g/mol. The third kappa shape index (κ3) is 4.75. The molecule has 188 valence electrons. The molecule has 2 aliphatic carbocycles. The lowest BCUT2D eigenvalue weighted by Crippen LogP contribution is -2.52. The normalized spacial score (nSPS) is 19.0. The Kier molecular flexibility index (Phi) is 7.06. The van der Waals surface area contributed by atoms with Gasteiger partial charge in [0.15, 0.2) is 0 Å². The third-order valence-corrected chi connectivity index (χ3v) is 7.07. The molecule has 37 heavy (non-hydrogen) atoms. The Labute approximate surface area is 217 Å². The summed E-state index contributed by atoms with van der Waals surface area (Å²) in [5.41, 5.74) is 7.37. The first-order chi connectivity index (χ1) is 18.0. The van der Waals surface area contributed by atoms with Crippen molar-refractivity contribution in [2.75, 3.05) is 6.61 Å². The average Bonchev–Trinajstić information content (AvgIpc) is 2.93. The molecule has 0 radical (unpaired) electrons. The van der Waals surface area contributed by atoms with E-state index in [2.05, 4.69) is 43.1 Å². The van der Waals surface area contributed by atoms with E-state index in [1.807, 2.05) is 54.6 Å². The van der Waals surface area contributed by atoms with Crippen LogP contribution in [0.1, 0.15) is 55.7 Å². The Morgan fingerprint density at radius 2 is 1.68 bits per heavy atom. The van der Waals surface area contributed by atoms with Crippen molar-refractivity contribution in [1.82, 2.24) is 4.98 Å². The summed E-state index contributed by atoms with van der Waals surface area (Å²) in [4.78, 5) is 15.7. The fourth-order valence-electron chi connectivity index (χ4n) is 5.20. The van der Waals surface area contributed by atoms with Crippen molar-refractivity contribution in [3.05, 3.63) is 125 Å². The summed E-state index contributed by atoms with van der Waals surface area (Å²) in [6, 6.07) is 21.8. The van der Waals surface area contributed by atoms with Gasteiger partial charge in [0, 0.05) is 29.5 Å². The van der Waals surface area contributed by atoms with Gasteiger partial charge in [-0.15, -0.1) is 0 Å². The molecular formula is C32H31NO4. The van der Waals surface area contributed by atoms with Crippen LogP contribution in [0.3, 0.4) is 0 Å². The highest BCUT2D eigenvalue weighted by atomic mass is 16.7. The van der Waals surface area contributed by atoms with Crippen LogP contribution in [0.5, 0.6) is 5.75 Å². The van der Waals surface area contributed by atoms with Crippen LogP contribution in [0.15, 0.2) is 108 Å². The maximum absolute atomic E-state index is 11.6. The van der Waals surface area contributed by atoms with Crippen molar-refractivity contribution in [3.63, 3.8) is 0 Å². The van der Waals surface area contributed by atoms with Gasteiger partial charge in [-0.3, -0.25) is 9.78 Å². The monoisotopic (exact) mass is 493 g/mol. The van der Waals surface area contributed by atoms with E-state index in [1.165, 1.54) is 5.57 Å². The number of carboxylic acid groups (broad SMARTS) is 1. The van der Waals surface area contributed by atoms with E-state index in [9.17, 15) is 9.90 Å². The minimum absolute atomic E-state index is 0.00151. The number of pyridine rings is 1. The molecule has 0 fully saturated rings. The number of carbonyl (C=O) groups is 1. The van der Waals surface area contributed by atoms with E-state index in [0.29, 0.717) is 12.4 Å². The van der Waals surface area contributed by atoms with Crippen molar-refractivity contribution >= 4 is 11.5 Å². The van der Waals surface area contributed by atoms with E-state index < -0.39 is 11.8 Å². The summed E-state index contributed by atoms with van der Waals surface area (Å²) >= 11 is 0. The zero-order valence-electron chi connectivity index (χ0n) is 21.2. The molecule has 1 aromatic heterocycles. The number of hydrogen-bond acceptors (Lipinski definition) is 4. The Morgan fingerprint density at radius 3 is 2.32 bits per heavy atom. The molecule has 1 heterocycles. The number of hydrogen-bond donors (Lipinski definition) is 1. The zero-order chi connectivity index (χ0) is 25.8. The lowest BCUT2D eigenvalue weighted by Gasteiger charge is -2.49. The molecule has 5 nitrogen and oxygen atoms in total. The highest BCUT2D eigenvalue weighted by molar-refractivity contribution is 5.92. The second-order valence-corrected chi connectivity index (χ2v) is 9.45. The number of rotatable bonds is 11. The number of unbranched alkanes of at least 4 members (excludes halogenated alkanes) is 1. The first-order valence-electron chi connectivity index (χ1n) is 12.8. The molecule has 0 aliphatic heterocycles. The van der Waals surface area contributed by atoms with Crippen LogP contribution in [0.2, 0.25) is 0 Å². The molecule has 2 aliphatic rings. The van der Waals surface area contributed by atoms with E-state index in [1.54, 1.807) is 12.4 Å². The highest BCUT2D eigenvalue weighted by Gasteiger charge is 2.55. The largest absolute Gasteiger partial charge is 0.481 e. The van der Waals surface area contributed by atoms with Gasteiger partial charge in [0.05, 0.1) is 13.0 Å². The highest BCUT2D eigenvalue weighted by Crippen LogP contribution is 2.55. The van der Waals surface area contributed by atoms with Gasteiger partial charge < -0.3 is 14.6 Å². The smallest absolute Gasteiger partial charge is 0.304 e. The second kappa shape index (κ2) is 10.6. The van der Waals surface area contributed by atoms with Gasteiger partial charge in [-0.1, -0.05) is 68.0 Å². The number of allylic oxidation sites excluding steroid dienone is 2. The molecule has 2 bridgehead atoms. The van der Waals surface area contributed by atoms with E-state index in [0.717, 1.165) is 46.3 Å². The van der Waals surface area contributed by atoms with Gasteiger partial charge in [-0.25, -0.2) is 0 Å². The SMILES string of the molecule is CCCCOC1(Oc2ccc(C(CC(=O)O)c3ccncc3)cc2)c2ccc(-c3ccccc3)c1c2C. The summed E-state index contributed by atoms with van der Waals surface area (Å²) in [6.45, 7) is 4.86. The standard InChI is InChI=1S/C32H31NO4/c1-3-4-20-36-32(29-15-14-27(31(32)22(29)2)23-8-6-5-7-9-23)37-26-12-10-24(11-13-26)28(21-30(34)35)25-16-18-33-19-17-25/h5-19,28H,3-4,20-21H2,1-2H3,(H,34,35). The van der Waals surface area contributed by atoms with E-state index >= 15 is 0 Å². The third-order valence-electron chi connectivity index (χ3n) is 7.07. The molecule has 0 saturated carbocycles. The lowest BCUT2D eigenvalue weighted by atomic mass is 9.68. The number of fused-ring (bicyclic) bond motifs is 2. The summed E-state index contributed by atoms with van der Waals surface area (Å²) in [6.07, 6.45) is 9.61. The van der Waals surface area contributed by atoms with Crippen molar-refractivity contribution in [3.8, 4) is 5.75 Å². The number of carboxylic acids is 1. The second-order valence-electron chi connectivity index (χ2n) is 9.45. The molecule has 2 unspecified atom stereocenters. The molecule has 0 saturated heterocycles. The van der Waals surface area contributed by atoms with Crippen LogP contribution in [0.25, 0.3) is 5.57 Å². The maximum Gasteiger partial charge on any atom is 0.304 e. The van der Waals surface area contributed by atoms with Gasteiger partial charge in [0.1, 0.15) is 5.75 Å².